The molecule has 6 nitrogen and oxygen atoms in total. The first-order valence-corrected chi connectivity index (χ1v) is 14.6. The number of ether oxygens (including phenoxy) is 2. The number of carbonyl (C=O) groups is 1. The SMILES string of the molecule is CCCCC[C@H](O)c1ccc([C@@H]2[C@@H](CC=CCCCC(=O)OCCN3CCOCC3)[C@H](Cl)C[C@H]2O)cc1. The van der Waals surface area contributed by atoms with Crippen molar-refractivity contribution in [1.29, 1.82) is 0 Å². The lowest BCUT2D eigenvalue weighted by molar-refractivity contribution is -0.144. The quantitative estimate of drug-likeness (QED) is 0.136. The van der Waals surface area contributed by atoms with Gasteiger partial charge in [-0.2, -0.15) is 0 Å². The maximum absolute atomic E-state index is 12.0. The summed E-state index contributed by atoms with van der Waals surface area (Å²) >= 11 is 6.65. The van der Waals surface area contributed by atoms with E-state index in [1.165, 1.54) is 0 Å². The largest absolute Gasteiger partial charge is 0.464 e. The summed E-state index contributed by atoms with van der Waals surface area (Å²) in [7, 11) is 0. The van der Waals surface area contributed by atoms with Gasteiger partial charge < -0.3 is 19.7 Å². The Labute approximate surface area is 228 Å². The molecule has 0 radical (unpaired) electrons. The van der Waals surface area contributed by atoms with E-state index in [0.717, 1.165) is 88.9 Å². The molecule has 7 heteroatoms. The van der Waals surface area contributed by atoms with E-state index in [-0.39, 0.29) is 23.2 Å². The fourth-order valence-corrected chi connectivity index (χ4v) is 5.88. The van der Waals surface area contributed by atoms with Crippen LogP contribution < -0.4 is 0 Å². The van der Waals surface area contributed by atoms with Gasteiger partial charge in [-0.3, -0.25) is 9.69 Å². The summed E-state index contributed by atoms with van der Waals surface area (Å²) in [5.41, 5.74) is 2.02. The third-order valence-corrected chi connectivity index (χ3v) is 8.20. The average molecular weight is 536 g/mol. The second-order valence-electron chi connectivity index (χ2n) is 10.5. The van der Waals surface area contributed by atoms with Gasteiger partial charge in [0.25, 0.3) is 0 Å². The molecule has 0 spiro atoms. The van der Waals surface area contributed by atoms with Gasteiger partial charge in [0.15, 0.2) is 0 Å². The molecule has 2 aliphatic rings. The lowest BCUT2D eigenvalue weighted by Crippen LogP contribution is -2.38. The minimum absolute atomic E-state index is 0.0140. The van der Waals surface area contributed by atoms with E-state index < -0.39 is 12.2 Å². The fraction of sp³-hybridized carbons (Fsp3) is 0.700. The summed E-state index contributed by atoms with van der Waals surface area (Å²) in [5.74, 6) is -0.00124. The zero-order valence-corrected chi connectivity index (χ0v) is 23.2. The van der Waals surface area contributed by atoms with E-state index in [0.29, 0.717) is 19.4 Å². The van der Waals surface area contributed by atoms with Gasteiger partial charge in [-0.25, -0.2) is 0 Å². The number of benzene rings is 1. The minimum atomic E-state index is -0.464. The number of aliphatic hydroxyl groups is 2. The lowest BCUT2D eigenvalue weighted by Gasteiger charge is -2.26. The lowest BCUT2D eigenvalue weighted by atomic mass is 9.84. The summed E-state index contributed by atoms with van der Waals surface area (Å²) in [4.78, 5) is 14.2. The Morgan fingerprint density at radius 3 is 2.68 bits per heavy atom. The maximum Gasteiger partial charge on any atom is 0.305 e. The van der Waals surface area contributed by atoms with Crippen LogP contribution in [-0.4, -0.2) is 72.0 Å². The fourth-order valence-electron chi connectivity index (χ4n) is 5.44. The Morgan fingerprint density at radius 2 is 1.95 bits per heavy atom. The predicted octanol–water partition coefficient (Wildman–Crippen LogP) is 5.36. The summed E-state index contributed by atoms with van der Waals surface area (Å²) in [5, 5.41) is 21.1. The number of unbranched alkanes of at least 4 members (excludes halogenated alkanes) is 3. The molecule has 37 heavy (non-hydrogen) atoms. The molecule has 0 amide bonds. The number of halogens is 1. The van der Waals surface area contributed by atoms with Crippen LogP contribution in [0.25, 0.3) is 0 Å². The van der Waals surface area contributed by atoms with Crippen molar-refractivity contribution in [3.8, 4) is 0 Å². The number of carbonyl (C=O) groups excluding carboxylic acids is 1. The number of hydrogen-bond donors (Lipinski definition) is 2. The summed E-state index contributed by atoms with van der Waals surface area (Å²) in [6.07, 6.45) is 10.8. The molecule has 2 fully saturated rings. The van der Waals surface area contributed by atoms with Crippen molar-refractivity contribution < 1.29 is 24.5 Å². The molecule has 1 saturated heterocycles. The van der Waals surface area contributed by atoms with Crippen LogP contribution in [-0.2, 0) is 14.3 Å². The van der Waals surface area contributed by atoms with Crippen molar-refractivity contribution in [2.45, 2.75) is 88.2 Å². The topological polar surface area (TPSA) is 79.2 Å². The monoisotopic (exact) mass is 535 g/mol. The molecule has 2 N–H and O–H groups in total. The van der Waals surface area contributed by atoms with Gasteiger partial charge >= 0.3 is 5.97 Å². The maximum atomic E-state index is 12.0. The Bertz CT molecular complexity index is 811. The van der Waals surface area contributed by atoms with Gasteiger partial charge in [-0.05, 0) is 49.1 Å². The molecular weight excluding hydrogens is 490 g/mol. The highest BCUT2D eigenvalue weighted by atomic mass is 35.5. The van der Waals surface area contributed by atoms with Gasteiger partial charge in [0.2, 0.25) is 0 Å². The number of allylic oxidation sites excluding steroid dienone is 2. The van der Waals surface area contributed by atoms with Crippen LogP contribution in [0.3, 0.4) is 0 Å². The molecule has 1 aromatic carbocycles. The number of hydrogen-bond acceptors (Lipinski definition) is 6. The van der Waals surface area contributed by atoms with E-state index in [2.05, 4.69) is 24.0 Å². The zero-order chi connectivity index (χ0) is 26.5. The van der Waals surface area contributed by atoms with Crippen molar-refractivity contribution in [2.75, 3.05) is 39.5 Å². The highest BCUT2D eigenvalue weighted by molar-refractivity contribution is 6.21. The van der Waals surface area contributed by atoms with E-state index in [1.807, 2.05) is 24.3 Å². The smallest absolute Gasteiger partial charge is 0.305 e. The average Bonchev–Trinajstić information content (AvgIpc) is 3.19. The van der Waals surface area contributed by atoms with Crippen LogP contribution in [0.2, 0.25) is 0 Å². The second kappa shape index (κ2) is 16.5. The Balaban J connectivity index is 1.38. The first kappa shape index (κ1) is 30.1. The Hall–Kier alpha value is -1.44. The summed E-state index contributed by atoms with van der Waals surface area (Å²) in [6.45, 7) is 6.68. The zero-order valence-electron chi connectivity index (χ0n) is 22.4. The molecular formula is C30H46ClNO5. The summed E-state index contributed by atoms with van der Waals surface area (Å²) in [6, 6.07) is 8.07. The molecule has 3 rings (SSSR count). The van der Waals surface area contributed by atoms with Crippen molar-refractivity contribution >= 4 is 17.6 Å². The van der Waals surface area contributed by atoms with Crippen LogP contribution in [0, 0.1) is 5.92 Å². The molecule has 1 aromatic rings. The second-order valence-corrected chi connectivity index (χ2v) is 11.0. The molecule has 208 valence electrons. The molecule has 0 unspecified atom stereocenters. The van der Waals surface area contributed by atoms with Gasteiger partial charge in [-0.1, -0.05) is 62.6 Å². The van der Waals surface area contributed by atoms with Gasteiger partial charge in [0, 0.05) is 37.4 Å². The molecule has 0 aromatic heterocycles. The van der Waals surface area contributed by atoms with Crippen LogP contribution in [0.5, 0.6) is 0 Å². The summed E-state index contributed by atoms with van der Waals surface area (Å²) < 4.78 is 10.7. The van der Waals surface area contributed by atoms with Crippen molar-refractivity contribution in [1.82, 2.24) is 4.90 Å². The third-order valence-electron chi connectivity index (χ3n) is 7.70. The highest BCUT2D eigenvalue weighted by Crippen LogP contribution is 2.45. The minimum Gasteiger partial charge on any atom is -0.464 e. The van der Waals surface area contributed by atoms with E-state index in [1.54, 1.807) is 0 Å². The standard InChI is InChI=1S/C30H46ClNO5/c1-2-3-6-10-27(33)23-12-14-24(15-13-23)30-25(26(31)22-28(30)34)9-7-4-5-8-11-29(35)37-21-18-32-16-19-36-20-17-32/h4,7,12-15,25-28,30,33-34H,2-3,5-6,8-11,16-22H2,1H3/t25-,26+,27-,28+,30+/m0/s1. The molecule has 1 saturated carbocycles. The van der Waals surface area contributed by atoms with Gasteiger partial charge in [-0.15, -0.1) is 11.6 Å². The normalized spacial score (nSPS) is 25.5. The van der Waals surface area contributed by atoms with Crippen LogP contribution in [0.4, 0.5) is 0 Å². The predicted molar refractivity (Wildman–Crippen MR) is 148 cm³/mol. The molecule has 1 heterocycles. The number of esters is 1. The first-order valence-electron chi connectivity index (χ1n) is 14.2. The molecule has 1 aliphatic heterocycles. The first-order chi connectivity index (χ1) is 18.0. The Morgan fingerprint density at radius 1 is 1.19 bits per heavy atom. The van der Waals surface area contributed by atoms with Crippen molar-refractivity contribution in [3.05, 3.63) is 47.5 Å². The molecule has 0 bridgehead atoms. The van der Waals surface area contributed by atoms with Crippen LogP contribution in [0.15, 0.2) is 36.4 Å². The number of aliphatic hydroxyl groups excluding tert-OH is 2. The van der Waals surface area contributed by atoms with Gasteiger partial charge in [0.1, 0.15) is 6.61 Å². The Kier molecular flexibility index (Phi) is 13.4. The van der Waals surface area contributed by atoms with Crippen molar-refractivity contribution in [3.63, 3.8) is 0 Å². The van der Waals surface area contributed by atoms with Gasteiger partial charge in [0.05, 0.1) is 25.4 Å². The van der Waals surface area contributed by atoms with Crippen LogP contribution in [0.1, 0.15) is 87.9 Å². The van der Waals surface area contributed by atoms with Crippen molar-refractivity contribution in [2.24, 2.45) is 5.92 Å². The van der Waals surface area contributed by atoms with E-state index >= 15 is 0 Å². The van der Waals surface area contributed by atoms with E-state index in [9.17, 15) is 15.0 Å². The highest BCUT2D eigenvalue weighted by Gasteiger charge is 2.41. The number of rotatable bonds is 15. The number of nitrogens with zero attached hydrogens (tertiary/aromatic N) is 1. The molecule has 1 aliphatic carbocycles. The van der Waals surface area contributed by atoms with E-state index in [4.69, 9.17) is 21.1 Å². The van der Waals surface area contributed by atoms with Crippen LogP contribution >= 0.6 is 11.6 Å². The number of alkyl halides is 1. The third kappa shape index (κ3) is 9.99. The number of morpholine rings is 1. The molecule has 5 atom stereocenters.